The number of pyridine rings is 1. The van der Waals surface area contributed by atoms with Gasteiger partial charge in [-0.3, -0.25) is 9.78 Å². The van der Waals surface area contributed by atoms with Crippen LogP contribution in [0.3, 0.4) is 0 Å². The summed E-state index contributed by atoms with van der Waals surface area (Å²) in [4.78, 5) is 18.3. The lowest BCUT2D eigenvalue weighted by Crippen LogP contribution is -2.32. The Morgan fingerprint density at radius 3 is 2.92 bits per heavy atom. The van der Waals surface area contributed by atoms with Gasteiger partial charge in [0.15, 0.2) is 0 Å². The molecule has 2 aliphatic heterocycles. The number of likely N-dealkylation sites (tertiary alicyclic amines) is 1. The van der Waals surface area contributed by atoms with Crippen LogP contribution in [-0.4, -0.2) is 48.2 Å². The predicted octanol–water partition coefficient (Wildman–Crippen LogP) is 2.51. The first kappa shape index (κ1) is 17.4. The second-order valence-electron chi connectivity index (χ2n) is 7.39. The van der Waals surface area contributed by atoms with Gasteiger partial charge >= 0.3 is 0 Å². The van der Waals surface area contributed by atoms with Crippen LogP contribution in [0, 0.1) is 17.8 Å². The van der Waals surface area contributed by atoms with Crippen LogP contribution in [0.15, 0.2) is 24.5 Å². The van der Waals surface area contributed by atoms with Crippen molar-refractivity contribution in [2.45, 2.75) is 39.4 Å². The summed E-state index contributed by atoms with van der Waals surface area (Å²) in [5.74, 6) is 1.67. The second kappa shape index (κ2) is 8.08. The third kappa shape index (κ3) is 4.33. The van der Waals surface area contributed by atoms with Crippen LogP contribution in [0.5, 0.6) is 0 Å². The number of aromatic nitrogens is 1. The molecule has 0 N–H and O–H groups in total. The number of hydrogen-bond donors (Lipinski definition) is 0. The molecule has 1 aromatic rings. The molecule has 0 unspecified atom stereocenters. The minimum Gasteiger partial charge on any atom is -0.377 e. The van der Waals surface area contributed by atoms with Gasteiger partial charge in [-0.2, -0.15) is 0 Å². The fourth-order valence-electron chi connectivity index (χ4n) is 3.68. The van der Waals surface area contributed by atoms with Crippen molar-refractivity contribution in [3.8, 4) is 0 Å². The zero-order valence-corrected chi connectivity index (χ0v) is 14.7. The Kier molecular flexibility index (Phi) is 5.85. The molecule has 1 aromatic heterocycles. The number of fused-ring (bicyclic) bond motifs is 1. The van der Waals surface area contributed by atoms with E-state index in [4.69, 9.17) is 9.47 Å². The van der Waals surface area contributed by atoms with Gasteiger partial charge in [0.1, 0.15) is 0 Å². The molecule has 132 valence electrons. The van der Waals surface area contributed by atoms with E-state index < -0.39 is 0 Å². The minimum atomic E-state index is 0.228. The number of amides is 1. The van der Waals surface area contributed by atoms with Crippen molar-refractivity contribution in [3.05, 3.63) is 30.1 Å². The second-order valence-corrected chi connectivity index (χ2v) is 7.39. The van der Waals surface area contributed by atoms with Crippen LogP contribution >= 0.6 is 0 Å². The van der Waals surface area contributed by atoms with Crippen LogP contribution in [0.4, 0.5) is 0 Å². The number of ether oxygens (including phenoxy) is 2. The van der Waals surface area contributed by atoms with E-state index in [0.717, 1.165) is 38.3 Å². The third-order valence-corrected chi connectivity index (χ3v) is 5.03. The average Bonchev–Trinajstić information content (AvgIpc) is 3.13. The predicted molar refractivity (Wildman–Crippen MR) is 91.3 cm³/mol. The van der Waals surface area contributed by atoms with E-state index in [0.29, 0.717) is 30.8 Å². The molecule has 3 heterocycles. The zero-order chi connectivity index (χ0) is 16.9. The van der Waals surface area contributed by atoms with E-state index in [2.05, 4.69) is 18.8 Å². The SMILES string of the molecule is CC(C)CC(=O)N1C[C@H]2[C@@H](CCOCc3ccncc3)CO[C@H]2C1. The van der Waals surface area contributed by atoms with E-state index in [1.165, 1.54) is 0 Å². The van der Waals surface area contributed by atoms with Gasteiger partial charge in [-0.1, -0.05) is 13.8 Å². The fourth-order valence-corrected chi connectivity index (χ4v) is 3.68. The summed E-state index contributed by atoms with van der Waals surface area (Å²) in [5.41, 5.74) is 1.15. The van der Waals surface area contributed by atoms with Crippen molar-refractivity contribution in [1.29, 1.82) is 0 Å². The highest BCUT2D eigenvalue weighted by Gasteiger charge is 2.44. The quantitative estimate of drug-likeness (QED) is 0.720. The molecule has 2 saturated heterocycles. The molecule has 1 amide bonds. The Hall–Kier alpha value is -1.46. The van der Waals surface area contributed by atoms with Crippen LogP contribution in [0.25, 0.3) is 0 Å². The molecule has 24 heavy (non-hydrogen) atoms. The molecule has 0 spiro atoms. The Morgan fingerprint density at radius 2 is 2.17 bits per heavy atom. The molecule has 0 aliphatic carbocycles. The molecule has 0 saturated carbocycles. The minimum absolute atomic E-state index is 0.228. The van der Waals surface area contributed by atoms with Crippen molar-refractivity contribution in [2.75, 3.05) is 26.3 Å². The van der Waals surface area contributed by atoms with Gasteiger partial charge in [0.05, 0.1) is 19.3 Å². The van der Waals surface area contributed by atoms with Gasteiger partial charge in [-0.05, 0) is 36.0 Å². The van der Waals surface area contributed by atoms with Crippen LogP contribution in [0.1, 0.15) is 32.3 Å². The van der Waals surface area contributed by atoms with Gasteiger partial charge in [-0.15, -0.1) is 0 Å². The maximum Gasteiger partial charge on any atom is 0.222 e. The first-order valence-electron chi connectivity index (χ1n) is 8.99. The van der Waals surface area contributed by atoms with Gasteiger partial charge in [0.25, 0.3) is 0 Å². The van der Waals surface area contributed by atoms with Gasteiger partial charge < -0.3 is 14.4 Å². The maximum absolute atomic E-state index is 12.3. The number of carbonyl (C=O) groups is 1. The van der Waals surface area contributed by atoms with Gasteiger partial charge in [0, 0.05) is 44.4 Å². The first-order chi connectivity index (χ1) is 11.6. The van der Waals surface area contributed by atoms with Crippen molar-refractivity contribution in [2.24, 2.45) is 17.8 Å². The van der Waals surface area contributed by atoms with E-state index >= 15 is 0 Å². The largest absolute Gasteiger partial charge is 0.377 e. The summed E-state index contributed by atoms with van der Waals surface area (Å²) >= 11 is 0. The number of hydrogen-bond acceptors (Lipinski definition) is 4. The zero-order valence-electron chi connectivity index (χ0n) is 14.7. The number of rotatable bonds is 7. The molecule has 0 bridgehead atoms. The lowest BCUT2D eigenvalue weighted by atomic mass is 9.91. The lowest BCUT2D eigenvalue weighted by Gasteiger charge is -2.20. The molecule has 5 nitrogen and oxygen atoms in total. The summed E-state index contributed by atoms with van der Waals surface area (Å²) in [6, 6.07) is 3.95. The van der Waals surface area contributed by atoms with E-state index in [1.54, 1.807) is 12.4 Å². The van der Waals surface area contributed by atoms with Gasteiger partial charge in [-0.25, -0.2) is 0 Å². The Balaban J connectivity index is 1.41. The number of carbonyl (C=O) groups excluding carboxylic acids is 1. The molecule has 5 heteroatoms. The monoisotopic (exact) mass is 332 g/mol. The summed E-state index contributed by atoms with van der Waals surface area (Å²) in [5, 5.41) is 0. The highest BCUT2D eigenvalue weighted by atomic mass is 16.5. The van der Waals surface area contributed by atoms with Crippen LogP contribution < -0.4 is 0 Å². The lowest BCUT2D eigenvalue weighted by molar-refractivity contribution is -0.131. The number of nitrogens with zero attached hydrogens (tertiary/aromatic N) is 2. The van der Waals surface area contributed by atoms with E-state index in [-0.39, 0.29) is 12.0 Å². The topological polar surface area (TPSA) is 51.7 Å². The summed E-state index contributed by atoms with van der Waals surface area (Å²) in [6.45, 7) is 7.97. The Morgan fingerprint density at radius 1 is 1.38 bits per heavy atom. The Bertz CT molecular complexity index is 535. The highest BCUT2D eigenvalue weighted by Crippen LogP contribution is 2.35. The van der Waals surface area contributed by atoms with E-state index in [9.17, 15) is 4.79 Å². The van der Waals surface area contributed by atoms with Crippen molar-refractivity contribution >= 4 is 5.91 Å². The fraction of sp³-hybridized carbons (Fsp3) is 0.684. The summed E-state index contributed by atoms with van der Waals surface area (Å²) in [6.07, 6.45) is 5.44. The Labute approximate surface area is 144 Å². The molecule has 3 atom stereocenters. The van der Waals surface area contributed by atoms with Crippen molar-refractivity contribution in [1.82, 2.24) is 9.88 Å². The standard InChI is InChI=1S/C19H28N2O3/c1-14(2)9-19(22)21-10-17-16(13-24-18(17)11-21)5-8-23-12-15-3-6-20-7-4-15/h3-4,6-7,14,16-18H,5,8-13H2,1-2H3/t16-,17-,18-/m0/s1. The average molecular weight is 332 g/mol. The highest BCUT2D eigenvalue weighted by molar-refractivity contribution is 5.76. The maximum atomic E-state index is 12.3. The third-order valence-electron chi connectivity index (χ3n) is 5.03. The van der Waals surface area contributed by atoms with Crippen molar-refractivity contribution in [3.63, 3.8) is 0 Å². The molecule has 3 rings (SSSR count). The molecule has 2 fully saturated rings. The van der Waals surface area contributed by atoms with Crippen molar-refractivity contribution < 1.29 is 14.3 Å². The molecule has 2 aliphatic rings. The summed E-state index contributed by atoms with van der Waals surface area (Å²) < 4.78 is 11.7. The first-order valence-corrected chi connectivity index (χ1v) is 8.99. The smallest absolute Gasteiger partial charge is 0.222 e. The van der Waals surface area contributed by atoms with E-state index in [1.807, 2.05) is 17.0 Å². The molecule has 0 aromatic carbocycles. The molecular weight excluding hydrogens is 304 g/mol. The normalized spacial score (nSPS) is 26.1. The molecular formula is C19H28N2O3. The summed E-state index contributed by atoms with van der Waals surface area (Å²) in [7, 11) is 0. The van der Waals surface area contributed by atoms with Crippen LogP contribution in [-0.2, 0) is 20.9 Å². The molecule has 0 radical (unpaired) electrons. The van der Waals surface area contributed by atoms with Crippen LogP contribution in [0.2, 0.25) is 0 Å². The van der Waals surface area contributed by atoms with Gasteiger partial charge in [0.2, 0.25) is 5.91 Å².